The van der Waals surface area contributed by atoms with Gasteiger partial charge in [0.25, 0.3) is 0 Å². The summed E-state index contributed by atoms with van der Waals surface area (Å²) < 4.78 is 5.23. The normalized spacial score (nSPS) is 32.5. The van der Waals surface area contributed by atoms with Gasteiger partial charge in [-0.25, -0.2) is 0 Å². The van der Waals surface area contributed by atoms with E-state index in [2.05, 4.69) is 30.5 Å². The summed E-state index contributed by atoms with van der Waals surface area (Å²) >= 11 is 0. The maximum atomic E-state index is 5.23. The maximum absolute atomic E-state index is 5.23. The van der Waals surface area contributed by atoms with Gasteiger partial charge in [-0.05, 0) is 55.8 Å². The Morgan fingerprint density at radius 3 is 2.67 bits per heavy atom. The highest BCUT2D eigenvalue weighted by atomic mass is 16.5. The van der Waals surface area contributed by atoms with Crippen molar-refractivity contribution in [1.82, 2.24) is 5.32 Å². The lowest BCUT2D eigenvalue weighted by atomic mass is 9.69. The molecule has 1 heterocycles. The Kier molecular flexibility index (Phi) is 3.15. The van der Waals surface area contributed by atoms with E-state index in [0.29, 0.717) is 5.41 Å². The molecular formula is C13H21NO. The van der Waals surface area contributed by atoms with Crippen molar-refractivity contribution in [3.05, 3.63) is 24.0 Å². The molecule has 0 aromatic rings. The molecule has 2 aliphatic rings. The van der Waals surface area contributed by atoms with Gasteiger partial charge in [-0.3, -0.25) is 0 Å². The highest BCUT2D eigenvalue weighted by Gasteiger charge is 2.33. The fraction of sp³-hybridized carbons (Fsp3) is 0.692. The predicted octanol–water partition coefficient (Wildman–Crippen LogP) is 2.48. The minimum Gasteiger partial charge on any atom is -0.497 e. The zero-order valence-corrected chi connectivity index (χ0v) is 9.75. The van der Waals surface area contributed by atoms with Crippen LogP contribution in [0.15, 0.2) is 24.0 Å². The van der Waals surface area contributed by atoms with Gasteiger partial charge in [0.15, 0.2) is 0 Å². The topological polar surface area (TPSA) is 21.3 Å². The van der Waals surface area contributed by atoms with Gasteiger partial charge < -0.3 is 10.1 Å². The average Bonchev–Trinajstić information content (AvgIpc) is 2.31. The Labute approximate surface area is 92.4 Å². The summed E-state index contributed by atoms with van der Waals surface area (Å²) in [5.74, 6) is 1.84. The molecule has 0 saturated carbocycles. The van der Waals surface area contributed by atoms with Gasteiger partial charge in [0.05, 0.1) is 7.11 Å². The van der Waals surface area contributed by atoms with Crippen LogP contribution in [0.1, 0.15) is 26.2 Å². The first-order chi connectivity index (χ1) is 7.24. The molecule has 0 aromatic carbocycles. The molecule has 1 atom stereocenters. The minimum atomic E-state index is 0.351. The van der Waals surface area contributed by atoms with Crippen molar-refractivity contribution < 1.29 is 4.74 Å². The molecule has 84 valence electrons. The number of hydrogen-bond donors (Lipinski definition) is 1. The largest absolute Gasteiger partial charge is 0.497 e. The van der Waals surface area contributed by atoms with Crippen LogP contribution in [0.2, 0.25) is 0 Å². The van der Waals surface area contributed by atoms with E-state index in [1.54, 1.807) is 7.11 Å². The third-order valence-corrected chi connectivity index (χ3v) is 3.88. The summed E-state index contributed by atoms with van der Waals surface area (Å²) in [5.41, 5.74) is 0.351. The fourth-order valence-electron chi connectivity index (χ4n) is 2.66. The average molecular weight is 207 g/mol. The molecule has 2 rings (SSSR count). The van der Waals surface area contributed by atoms with Crippen LogP contribution in [0.25, 0.3) is 0 Å². The third kappa shape index (κ3) is 2.25. The molecule has 15 heavy (non-hydrogen) atoms. The first-order valence-corrected chi connectivity index (χ1v) is 5.89. The fourth-order valence-corrected chi connectivity index (χ4v) is 2.66. The number of rotatable bonds is 2. The van der Waals surface area contributed by atoms with E-state index >= 15 is 0 Å². The SMILES string of the molecule is COC1=CCC(C)(C2CCNCC2)C=C1. The number of nitrogens with one attached hydrogen (secondary N) is 1. The van der Waals surface area contributed by atoms with Crippen molar-refractivity contribution >= 4 is 0 Å². The van der Waals surface area contributed by atoms with Crippen molar-refractivity contribution in [2.45, 2.75) is 26.2 Å². The van der Waals surface area contributed by atoms with Crippen LogP contribution in [-0.4, -0.2) is 20.2 Å². The molecule has 1 aliphatic carbocycles. The van der Waals surface area contributed by atoms with E-state index in [1.807, 2.05) is 0 Å². The Hall–Kier alpha value is -0.760. The zero-order valence-electron chi connectivity index (χ0n) is 9.75. The standard InChI is InChI=1S/C13H21NO/c1-13(11-5-9-14-10-6-11)7-3-12(15-2)4-8-13/h3-4,7,11,14H,5-6,8-10H2,1-2H3. The molecule has 1 unspecified atom stereocenters. The maximum Gasteiger partial charge on any atom is 0.114 e. The second-order valence-corrected chi connectivity index (χ2v) is 4.88. The minimum absolute atomic E-state index is 0.351. The highest BCUT2D eigenvalue weighted by molar-refractivity contribution is 5.22. The number of methoxy groups -OCH3 is 1. The number of allylic oxidation sites excluding steroid dienone is 3. The van der Waals surface area contributed by atoms with Crippen molar-refractivity contribution in [3.8, 4) is 0 Å². The number of ether oxygens (including phenoxy) is 1. The lowest BCUT2D eigenvalue weighted by molar-refractivity contribution is 0.193. The Bertz CT molecular complexity index is 276. The van der Waals surface area contributed by atoms with Crippen molar-refractivity contribution in [2.24, 2.45) is 11.3 Å². The summed E-state index contributed by atoms with van der Waals surface area (Å²) in [6.45, 7) is 4.73. The molecule has 0 bridgehead atoms. The smallest absolute Gasteiger partial charge is 0.114 e. The Balaban J connectivity index is 2.03. The molecule has 0 amide bonds. The van der Waals surface area contributed by atoms with E-state index in [1.165, 1.54) is 25.9 Å². The van der Waals surface area contributed by atoms with Gasteiger partial charge in [-0.2, -0.15) is 0 Å². The summed E-state index contributed by atoms with van der Waals surface area (Å²) in [7, 11) is 1.74. The molecule has 1 saturated heterocycles. The number of hydrogen-bond acceptors (Lipinski definition) is 2. The van der Waals surface area contributed by atoms with Crippen LogP contribution < -0.4 is 5.32 Å². The summed E-state index contributed by atoms with van der Waals surface area (Å²) in [6.07, 6.45) is 10.4. The molecule has 1 fully saturated rings. The Morgan fingerprint density at radius 1 is 1.40 bits per heavy atom. The van der Waals surface area contributed by atoms with Gasteiger partial charge in [0.1, 0.15) is 5.76 Å². The van der Waals surface area contributed by atoms with Crippen LogP contribution in [0, 0.1) is 11.3 Å². The molecule has 2 nitrogen and oxygen atoms in total. The number of piperidine rings is 1. The molecule has 1 N–H and O–H groups in total. The monoisotopic (exact) mass is 207 g/mol. The third-order valence-electron chi connectivity index (χ3n) is 3.88. The lowest BCUT2D eigenvalue weighted by Crippen LogP contribution is -2.36. The zero-order chi connectivity index (χ0) is 10.7. The van der Waals surface area contributed by atoms with E-state index < -0.39 is 0 Å². The summed E-state index contributed by atoms with van der Waals surface area (Å²) in [4.78, 5) is 0. The van der Waals surface area contributed by atoms with Gasteiger partial charge in [-0.15, -0.1) is 0 Å². The molecule has 0 aromatic heterocycles. The first kappa shape index (κ1) is 10.7. The second kappa shape index (κ2) is 4.40. The van der Waals surface area contributed by atoms with Gasteiger partial charge in [0.2, 0.25) is 0 Å². The molecular weight excluding hydrogens is 186 g/mol. The van der Waals surface area contributed by atoms with Crippen LogP contribution in [0.4, 0.5) is 0 Å². The lowest BCUT2D eigenvalue weighted by Gasteiger charge is -2.39. The van der Waals surface area contributed by atoms with E-state index in [4.69, 9.17) is 4.74 Å². The van der Waals surface area contributed by atoms with E-state index in [9.17, 15) is 0 Å². The second-order valence-electron chi connectivity index (χ2n) is 4.88. The van der Waals surface area contributed by atoms with Crippen molar-refractivity contribution in [3.63, 3.8) is 0 Å². The van der Waals surface area contributed by atoms with Crippen LogP contribution in [0.3, 0.4) is 0 Å². The summed E-state index contributed by atoms with van der Waals surface area (Å²) in [5, 5.41) is 3.43. The molecule has 1 aliphatic heterocycles. The van der Waals surface area contributed by atoms with Gasteiger partial charge in [-0.1, -0.05) is 13.0 Å². The van der Waals surface area contributed by atoms with Crippen LogP contribution >= 0.6 is 0 Å². The van der Waals surface area contributed by atoms with Crippen molar-refractivity contribution in [2.75, 3.05) is 20.2 Å². The highest BCUT2D eigenvalue weighted by Crippen LogP contribution is 2.41. The first-order valence-electron chi connectivity index (χ1n) is 5.89. The Morgan fingerprint density at radius 2 is 2.13 bits per heavy atom. The molecule has 2 heteroatoms. The quantitative estimate of drug-likeness (QED) is 0.751. The van der Waals surface area contributed by atoms with Crippen molar-refractivity contribution in [1.29, 1.82) is 0 Å². The van der Waals surface area contributed by atoms with E-state index in [0.717, 1.165) is 18.1 Å². The summed E-state index contributed by atoms with van der Waals surface area (Å²) in [6, 6.07) is 0. The molecule has 0 radical (unpaired) electrons. The van der Waals surface area contributed by atoms with Gasteiger partial charge >= 0.3 is 0 Å². The van der Waals surface area contributed by atoms with Crippen LogP contribution in [-0.2, 0) is 4.74 Å². The predicted molar refractivity (Wildman–Crippen MR) is 62.5 cm³/mol. The molecule has 0 spiro atoms. The van der Waals surface area contributed by atoms with Gasteiger partial charge in [0, 0.05) is 0 Å². The van der Waals surface area contributed by atoms with Crippen LogP contribution in [0.5, 0.6) is 0 Å². The van der Waals surface area contributed by atoms with E-state index in [-0.39, 0.29) is 0 Å².